The van der Waals surface area contributed by atoms with Crippen molar-refractivity contribution in [1.82, 2.24) is 0 Å². The zero-order chi connectivity index (χ0) is 13.1. The van der Waals surface area contributed by atoms with E-state index in [-0.39, 0.29) is 0 Å². The van der Waals surface area contributed by atoms with E-state index in [1.807, 2.05) is 0 Å². The molecule has 0 aromatic heterocycles. The van der Waals surface area contributed by atoms with Crippen LogP contribution in [-0.4, -0.2) is 0 Å². The normalized spacial score (nSPS) is 13.9. The lowest BCUT2D eigenvalue weighted by Gasteiger charge is -2.25. The van der Waals surface area contributed by atoms with Gasteiger partial charge in [0.15, 0.2) is 0 Å². The predicted molar refractivity (Wildman–Crippen MR) is 80.5 cm³/mol. The molecular formula is C17H36. The first-order valence-corrected chi connectivity index (χ1v) is 7.99. The molecule has 0 heterocycles. The second-order valence-corrected chi connectivity index (χ2v) is 6.98. The standard InChI is InChI=1S/C17H36/c1-6-8-9-10-11-12-14-16(13-7-2)15-17(3,4)5/h16H,6-15H2,1-5H3. The Bertz CT molecular complexity index is 152. The third-order valence-electron chi connectivity index (χ3n) is 3.56. The molecule has 1 atom stereocenters. The third-order valence-corrected chi connectivity index (χ3v) is 3.56. The van der Waals surface area contributed by atoms with Gasteiger partial charge in [-0.1, -0.05) is 92.4 Å². The average Bonchev–Trinajstić information content (AvgIpc) is 2.21. The maximum atomic E-state index is 2.39. The van der Waals surface area contributed by atoms with E-state index in [0.29, 0.717) is 5.41 Å². The summed E-state index contributed by atoms with van der Waals surface area (Å²) in [5, 5.41) is 0. The van der Waals surface area contributed by atoms with Crippen LogP contribution in [0.25, 0.3) is 0 Å². The first-order valence-electron chi connectivity index (χ1n) is 7.99. The van der Waals surface area contributed by atoms with E-state index in [1.165, 1.54) is 64.2 Å². The predicted octanol–water partition coefficient (Wildman–Crippen LogP) is 6.59. The van der Waals surface area contributed by atoms with Crippen LogP contribution in [0.2, 0.25) is 0 Å². The largest absolute Gasteiger partial charge is 0.0654 e. The summed E-state index contributed by atoms with van der Waals surface area (Å²) in [4.78, 5) is 0. The fraction of sp³-hybridized carbons (Fsp3) is 1.00. The van der Waals surface area contributed by atoms with Crippen molar-refractivity contribution in [2.75, 3.05) is 0 Å². The molecule has 0 aliphatic rings. The van der Waals surface area contributed by atoms with Gasteiger partial charge in [-0.05, 0) is 17.8 Å². The summed E-state index contributed by atoms with van der Waals surface area (Å²) in [7, 11) is 0. The Morgan fingerprint density at radius 2 is 1.29 bits per heavy atom. The number of unbranched alkanes of at least 4 members (excludes halogenated alkanes) is 5. The molecule has 0 spiro atoms. The minimum absolute atomic E-state index is 0.516. The van der Waals surface area contributed by atoms with Gasteiger partial charge in [-0.2, -0.15) is 0 Å². The molecule has 0 saturated carbocycles. The van der Waals surface area contributed by atoms with Crippen molar-refractivity contribution in [2.45, 2.75) is 98.8 Å². The van der Waals surface area contributed by atoms with Gasteiger partial charge in [0.2, 0.25) is 0 Å². The molecule has 0 saturated heterocycles. The van der Waals surface area contributed by atoms with E-state index < -0.39 is 0 Å². The van der Waals surface area contributed by atoms with Crippen molar-refractivity contribution >= 4 is 0 Å². The van der Waals surface area contributed by atoms with Crippen LogP contribution in [0.15, 0.2) is 0 Å². The highest BCUT2D eigenvalue weighted by atomic mass is 14.2. The molecule has 0 bridgehead atoms. The van der Waals surface area contributed by atoms with Crippen molar-refractivity contribution < 1.29 is 0 Å². The fourth-order valence-corrected chi connectivity index (χ4v) is 2.84. The second kappa shape index (κ2) is 9.97. The highest BCUT2D eigenvalue weighted by molar-refractivity contribution is 4.69. The lowest BCUT2D eigenvalue weighted by Crippen LogP contribution is -2.13. The quantitative estimate of drug-likeness (QED) is 0.378. The van der Waals surface area contributed by atoms with E-state index >= 15 is 0 Å². The highest BCUT2D eigenvalue weighted by Crippen LogP contribution is 2.30. The molecule has 0 N–H and O–H groups in total. The SMILES string of the molecule is CCCCCCCCC(CCC)CC(C)(C)C. The zero-order valence-corrected chi connectivity index (χ0v) is 13.1. The van der Waals surface area contributed by atoms with Gasteiger partial charge in [0.25, 0.3) is 0 Å². The molecule has 104 valence electrons. The summed E-state index contributed by atoms with van der Waals surface area (Å²) in [6, 6.07) is 0. The zero-order valence-electron chi connectivity index (χ0n) is 13.1. The van der Waals surface area contributed by atoms with E-state index in [2.05, 4.69) is 34.6 Å². The molecule has 0 aromatic rings. The van der Waals surface area contributed by atoms with E-state index in [9.17, 15) is 0 Å². The number of hydrogen-bond acceptors (Lipinski definition) is 0. The Kier molecular flexibility index (Phi) is 9.97. The molecule has 0 aliphatic carbocycles. The van der Waals surface area contributed by atoms with E-state index in [4.69, 9.17) is 0 Å². The van der Waals surface area contributed by atoms with Crippen LogP contribution in [0.3, 0.4) is 0 Å². The molecule has 0 radical (unpaired) electrons. The lowest BCUT2D eigenvalue weighted by molar-refractivity contribution is 0.264. The topological polar surface area (TPSA) is 0 Å². The van der Waals surface area contributed by atoms with Crippen molar-refractivity contribution in [1.29, 1.82) is 0 Å². The Labute approximate surface area is 111 Å². The van der Waals surface area contributed by atoms with Crippen molar-refractivity contribution in [2.24, 2.45) is 11.3 Å². The molecule has 0 amide bonds. The summed E-state index contributed by atoms with van der Waals surface area (Å²) >= 11 is 0. The molecule has 0 heteroatoms. The van der Waals surface area contributed by atoms with Crippen LogP contribution < -0.4 is 0 Å². The van der Waals surface area contributed by atoms with Gasteiger partial charge in [-0.15, -0.1) is 0 Å². The van der Waals surface area contributed by atoms with Crippen LogP contribution in [0.4, 0.5) is 0 Å². The smallest absolute Gasteiger partial charge is 0.0380 e. The Morgan fingerprint density at radius 3 is 1.82 bits per heavy atom. The van der Waals surface area contributed by atoms with Gasteiger partial charge < -0.3 is 0 Å². The van der Waals surface area contributed by atoms with Crippen LogP contribution in [0, 0.1) is 11.3 Å². The number of hydrogen-bond donors (Lipinski definition) is 0. The fourth-order valence-electron chi connectivity index (χ4n) is 2.84. The van der Waals surface area contributed by atoms with Gasteiger partial charge in [0, 0.05) is 0 Å². The highest BCUT2D eigenvalue weighted by Gasteiger charge is 2.17. The minimum Gasteiger partial charge on any atom is -0.0654 e. The van der Waals surface area contributed by atoms with Gasteiger partial charge in [-0.3, -0.25) is 0 Å². The monoisotopic (exact) mass is 240 g/mol. The van der Waals surface area contributed by atoms with Gasteiger partial charge in [0.1, 0.15) is 0 Å². The van der Waals surface area contributed by atoms with Crippen LogP contribution in [0.5, 0.6) is 0 Å². The average molecular weight is 240 g/mol. The van der Waals surface area contributed by atoms with Crippen molar-refractivity contribution in [3.63, 3.8) is 0 Å². The maximum absolute atomic E-state index is 2.39. The third kappa shape index (κ3) is 12.2. The molecule has 0 nitrogen and oxygen atoms in total. The van der Waals surface area contributed by atoms with Gasteiger partial charge >= 0.3 is 0 Å². The summed E-state index contributed by atoms with van der Waals surface area (Å²) < 4.78 is 0. The van der Waals surface area contributed by atoms with Crippen LogP contribution in [0.1, 0.15) is 98.8 Å². The molecular weight excluding hydrogens is 204 g/mol. The summed E-state index contributed by atoms with van der Waals surface area (Å²) in [6.07, 6.45) is 14.3. The second-order valence-electron chi connectivity index (χ2n) is 6.98. The van der Waals surface area contributed by atoms with E-state index in [0.717, 1.165) is 5.92 Å². The summed E-state index contributed by atoms with van der Waals surface area (Å²) in [5.74, 6) is 0.978. The van der Waals surface area contributed by atoms with Gasteiger partial charge in [0.05, 0.1) is 0 Å². The van der Waals surface area contributed by atoms with Crippen molar-refractivity contribution in [3.8, 4) is 0 Å². The minimum atomic E-state index is 0.516. The molecule has 0 aliphatic heterocycles. The Hall–Kier alpha value is 0. The van der Waals surface area contributed by atoms with Gasteiger partial charge in [-0.25, -0.2) is 0 Å². The van der Waals surface area contributed by atoms with E-state index in [1.54, 1.807) is 0 Å². The first kappa shape index (κ1) is 17.0. The lowest BCUT2D eigenvalue weighted by atomic mass is 9.80. The summed E-state index contributed by atoms with van der Waals surface area (Å²) in [6.45, 7) is 11.8. The Balaban J connectivity index is 3.63. The molecule has 0 aromatic carbocycles. The molecule has 1 unspecified atom stereocenters. The first-order chi connectivity index (χ1) is 7.99. The molecule has 17 heavy (non-hydrogen) atoms. The molecule has 0 fully saturated rings. The van der Waals surface area contributed by atoms with Crippen molar-refractivity contribution in [3.05, 3.63) is 0 Å². The van der Waals surface area contributed by atoms with Crippen LogP contribution >= 0.6 is 0 Å². The summed E-state index contributed by atoms with van der Waals surface area (Å²) in [5.41, 5.74) is 0.516. The maximum Gasteiger partial charge on any atom is -0.0380 e. The Morgan fingerprint density at radius 1 is 0.706 bits per heavy atom. The number of rotatable bonds is 10. The van der Waals surface area contributed by atoms with Crippen LogP contribution in [-0.2, 0) is 0 Å². The molecule has 0 rings (SSSR count).